The molecule has 0 aliphatic carbocycles. The molecule has 0 aliphatic rings. The maximum atomic E-state index is 13.5. The average molecular weight is 1170 g/mol. The molecule has 24 heteroatoms. The van der Waals surface area contributed by atoms with Crippen molar-refractivity contribution < 1.29 is 227 Å². The summed E-state index contributed by atoms with van der Waals surface area (Å²) in [5, 5.41) is 38.2. The van der Waals surface area contributed by atoms with Gasteiger partial charge in [-0.05, 0) is 41.5 Å². The van der Waals surface area contributed by atoms with Crippen molar-refractivity contribution in [2.75, 3.05) is 121 Å². The van der Waals surface area contributed by atoms with E-state index in [4.69, 9.17) is 47.4 Å². The van der Waals surface area contributed by atoms with Gasteiger partial charge in [-0.3, -0.25) is 28.8 Å². The predicted octanol–water partition coefficient (Wildman–Crippen LogP) is -1.17. The maximum Gasteiger partial charge on any atom is 0.318 e. The normalized spacial score (nSPS) is 11.9. The van der Waals surface area contributed by atoms with E-state index in [2.05, 4.69) is 0 Å². The third-order valence-electron chi connectivity index (χ3n) is 8.84. The Kier molecular flexibility index (Phi) is 38.9. The van der Waals surface area contributed by atoms with Gasteiger partial charge >= 0.3 is 35.8 Å². The van der Waals surface area contributed by atoms with Crippen LogP contribution in [-0.2, 0) is 207 Å². The van der Waals surface area contributed by atoms with Crippen LogP contribution < -0.4 is 0 Å². The Bertz CT molecular complexity index is 1210. The molecule has 0 saturated carbocycles. The van der Waals surface area contributed by atoms with E-state index in [0.717, 1.165) is 0 Å². The van der Waals surface area contributed by atoms with Crippen molar-refractivity contribution >= 4 is 35.8 Å². The van der Waals surface area contributed by atoms with Crippen LogP contribution in [0.4, 0.5) is 0 Å². The third-order valence-corrected chi connectivity index (χ3v) is 8.84. The number of hydrogen-bond donors (Lipinski definition) is 4. The van der Waals surface area contributed by atoms with Crippen molar-refractivity contribution in [1.29, 1.82) is 0 Å². The smallest absolute Gasteiger partial charge is 0.318 e. The SMILES string of the molecule is COCC(C)(COC)C(=O)OCC(C)(COC(=O)C(C)(COC)COC)C(=O)OCCOC(=O)C(C)(COC(=O)C(C)(CO)CO)COC(=O)C(C)(CO)CO.[Y].[Y].[Y].[Y]. The topological polar surface area (TPSA) is 276 Å². The summed E-state index contributed by atoms with van der Waals surface area (Å²) in [4.78, 5) is 78.5. The molecule has 0 spiro atoms. The molecule has 0 heterocycles. The molecule has 0 aromatic carbocycles. The molecule has 0 aromatic heterocycles. The molecule has 4 N–H and O–H groups in total. The number of carbonyl (C=O) groups excluding carboxylic acids is 6. The molecule has 0 unspecified atom stereocenters. The van der Waals surface area contributed by atoms with Crippen LogP contribution in [0.25, 0.3) is 0 Å². The van der Waals surface area contributed by atoms with Crippen molar-refractivity contribution in [3.05, 3.63) is 0 Å². The zero-order valence-electron chi connectivity index (χ0n) is 36.5. The summed E-state index contributed by atoms with van der Waals surface area (Å²) in [5.41, 5.74) is -9.77. The van der Waals surface area contributed by atoms with E-state index < -0.39 is 134 Å². The summed E-state index contributed by atoms with van der Waals surface area (Å²) < 4.78 is 52.6. The second kappa shape index (κ2) is 33.4. The van der Waals surface area contributed by atoms with E-state index >= 15 is 0 Å². The minimum atomic E-state index is -1.93. The Morgan fingerprint density at radius 1 is 0.317 bits per heavy atom. The standard InChI is InChI=1S/C36H62O20.4Y/c1-31(13-37,14-38)25(41)53-21-35(5,22-54-26(42)32(2,15-39)16-40)27(43)51-11-12-52-28(44)36(6,23-55-29(45)33(3,17-47-7)18-48-8)24-56-30(46)34(4,19-49-9)20-50-10;;;;/h37-40H,11-24H2,1-10H3;;;;. The van der Waals surface area contributed by atoms with Crippen molar-refractivity contribution in [3.8, 4) is 0 Å². The number of carbonyl (C=O) groups is 6. The molecular formula is C36H62O20Y4. The monoisotopic (exact) mass is 1170 g/mol. The van der Waals surface area contributed by atoms with Gasteiger partial charge in [0.05, 0.1) is 52.9 Å². The van der Waals surface area contributed by atoms with Gasteiger partial charge in [0.15, 0.2) is 0 Å². The Balaban J connectivity index is -0.00000252. The second-order valence-electron chi connectivity index (χ2n) is 15.3. The summed E-state index contributed by atoms with van der Waals surface area (Å²) >= 11 is 0. The molecule has 0 fully saturated rings. The molecule has 20 nitrogen and oxygen atoms in total. The minimum absolute atomic E-state index is 0. The number of methoxy groups -OCH3 is 4. The van der Waals surface area contributed by atoms with Crippen molar-refractivity contribution in [1.82, 2.24) is 0 Å². The summed E-state index contributed by atoms with van der Waals surface area (Å²) in [6.07, 6.45) is 0. The molecule has 0 atom stereocenters. The fourth-order valence-electron chi connectivity index (χ4n) is 4.48. The predicted molar refractivity (Wildman–Crippen MR) is 190 cm³/mol. The van der Waals surface area contributed by atoms with Gasteiger partial charge in [-0.25, -0.2) is 0 Å². The average Bonchev–Trinajstić information content (AvgIpc) is 3.17. The van der Waals surface area contributed by atoms with Crippen LogP contribution in [0, 0.1) is 32.5 Å². The van der Waals surface area contributed by atoms with E-state index in [9.17, 15) is 49.2 Å². The van der Waals surface area contributed by atoms with Crippen LogP contribution >= 0.6 is 0 Å². The zero-order chi connectivity index (χ0) is 43.4. The van der Waals surface area contributed by atoms with E-state index in [0.29, 0.717) is 0 Å². The van der Waals surface area contributed by atoms with Gasteiger partial charge in [-0.2, -0.15) is 0 Å². The largest absolute Gasteiger partial charge is 0.464 e. The number of ether oxygens (including phenoxy) is 10. The number of hydrogen-bond acceptors (Lipinski definition) is 20. The minimum Gasteiger partial charge on any atom is -0.464 e. The number of aliphatic hydroxyl groups is 4. The van der Waals surface area contributed by atoms with Crippen molar-refractivity contribution in [3.63, 3.8) is 0 Å². The third kappa shape index (κ3) is 21.5. The maximum absolute atomic E-state index is 13.5. The van der Waals surface area contributed by atoms with Crippen LogP contribution in [0.1, 0.15) is 41.5 Å². The molecule has 60 heavy (non-hydrogen) atoms. The van der Waals surface area contributed by atoms with Crippen LogP contribution in [0.15, 0.2) is 0 Å². The van der Waals surface area contributed by atoms with Crippen LogP contribution in [0.5, 0.6) is 0 Å². The van der Waals surface area contributed by atoms with Crippen molar-refractivity contribution in [2.24, 2.45) is 32.5 Å². The summed E-state index contributed by atoms with van der Waals surface area (Å²) in [7, 11) is 5.51. The molecule has 0 aliphatic heterocycles. The van der Waals surface area contributed by atoms with Crippen LogP contribution in [-0.4, -0.2) is 177 Å². The van der Waals surface area contributed by atoms with Crippen LogP contribution in [0.3, 0.4) is 0 Å². The van der Waals surface area contributed by atoms with Gasteiger partial charge in [0.25, 0.3) is 0 Å². The Labute approximate surface area is 452 Å². The van der Waals surface area contributed by atoms with Gasteiger partial charge in [0.2, 0.25) is 0 Å². The molecule has 0 amide bonds. The molecule has 338 valence electrons. The summed E-state index contributed by atoms with van der Waals surface area (Å²) in [6, 6.07) is 0. The number of esters is 6. The van der Waals surface area contributed by atoms with Gasteiger partial charge in [-0.15, -0.1) is 0 Å². The van der Waals surface area contributed by atoms with Gasteiger partial charge in [0.1, 0.15) is 72.1 Å². The summed E-state index contributed by atoms with van der Waals surface area (Å²) in [6.45, 7) is 0.396. The first-order valence-corrected chi connectivity index (χ1v) is 17.5. The second-order valence-corrected chi connectivity index (χ2v) is 15.3. The molecule has 0 aromatic rings. The van der Waals surface area contributed by atoms with E-state index in [1.165, 1.54) is 70.0 Å². The Morgan fingerprint density at radius 2 is 0.483 bits per heavy atom. The fraction of sp³-hybridized carbons (Fsp3) is 0.833. The van der Waals surface area contributed by atoms with Gasteiger partial charge < -0.3 is 67.8 Å². The number of rotatable bonds is 29. The molecule has 0 rings (SSSR count). The van der Waals surface area contributed by atoms with E-state index in [1.807, 2.05) is 0 Å². The zero-order valence-corrected chi connectivity index (χ0v) is 47.9. The first-order valence-electron chi connectivity index (χ1n) is 17.5. The van der Waals surface area contributed by atoms with Crippen LogP contribution in [0.2, 0.25) is 0 Å². The van der Waals surface area contributed by atoms with Gasteiger partial charge in [0, 0.05) is 159 Å². The first-order chi connectivity index (χ1) is 26.0. The van der Waals surface area contributed by atoms with Gasteiger partial charge in [-0.1, -0.05) is 0 Å². The first kappa shape index (κ1) is 69.9. The number of aliphatic hydroxyl groups excluding tert-OH is 4. The molecular weight excluding hydrogens is 1110 g/mol. The molecule has 0 saturated heterocycles. The Morgan fingerprint density at radius 3 is 0.667 bits per heavy atom. The molecule has 4 radical (unpaired) electrons. The Hall–Kier alpha value is 0.916. The summed E-state index contributed by atoms with van der Waals surface area (Å²) in [5.74, 6) is -5.90. The van der Waals surface area contributed by atoms with Crippen molar-refractivity contribution in [2.45, 2.75) is 41.5 Å². The molecule has 0 bridgehead atoms. The van der Waals surface area contributed by atoms with E-state index in [-0.39, 0.29) is 157 Å². The van der Waals surface area contributed by atoms with E-state index in [1.54, 1.807) is 0 Å². The quantitative estimate of drug-likeness (QED) is 0.0390. The fourth-order valence-corrected chi connectivity index (χ4v) is 4.48.